The summed E-state index contributed by atoms with van der Waals surface area (Å²) in [5.41, 5.74) is 1.70. The van der Waals surface area contributed by atoms with Crippen LogP contribution in [0.25, 0.3) is 21.5 Å². The largest absolute Gasteiger partial charge is 0.465 e. The van der Waals surface area contributed by atoms with Crippen LogP contribution in [-0.2, 0) is 4.74 Å². The van der Waals surface area contributed by atoms with E-state index in [4.69, 9.17) is 4.42 Å². The molecule has 2 heterocycles. The van der Waals surface area contributed by atoms with Crippen LogP contribution in [0.15, 0.2) is 41.1 Å². The van der Waals surface area contributed by atoms with Crippen molar-refractivity contribution in [2.24, 2.45) is 0 Å². The zero-order valence-electron chi connectivity index (χ0n) is 9.54. The molecule has 4 nitrogen and oxygen atoms in total. The molecular weight excluding hydrogens is 250 g/mol. The number of carbonyl (C=O) groups is 1. The van der Waals surface area contributed by atoms with Gasteiger partial charge in [0, 0.05) is 5.39 Å². The second kappa shape index (κ2) is 4.27. The summed E-state index contributed by atoms with van der Waals surface area (Å²) in [4.78, 5) is 16.1. The third-order valence-corrected chi connectivity index (χ3v) is 3.61. The van der Waals surface area contributed by atoms with Gasteiger partial charge < -0.3 is 9.15 Å². The van der Waals surface area contributed by atoms with Gasteiger partial charge in [-0.05, 0) is 6.07 Å². The second-order valence-corrected chi connectivity index (χ2v) is 4.70. The first kappa shape index (κ1) is 11.0. The fourth-order valence-electron chi connectivity index (χ4n) is 1.74. The average Bonchev–Trinajstić information content (AvgIpc) is 3.03. The fourth-order valence-corrected chi connectivity index (χ4v) is 2.59. The number of para-hydroxylation sites is 1. The van der Waals surface area contributed by atoms with Gasteiger partial charge in [0.15, 0.2) is 0 Å². The Hall–Kier alpha value is -2.14. The molecule has 0 spiro atoms. The van der Waals surface area contributed by atoms with E-state index in [9.17, 15) is 4.79 Å². The molecule has 0 amide bonds. The van der Waals surface area contributed by atoms with Crippen LogP contribution < -0.4 is 0 Å². The summed E-state index contributed by atoms with van der Waals surface area (Å²) in [5.74, 6) is -0.369. The van der Waals surface area contributed by atoms with E-state index < -0.39 is 0 Å². The van der Waals surface area contributed by atoms with Crippen LogP contribution in [0.2, 0.25) is 0 Å². The van der Waals surface area contributed by atoms with Crippen molar-refractivity contribution in [1.82, 2.24) is 4.98 Å². The van der Waals surface area contributed by atoms with Crippen LogP contribution >= 0.6 is 11.3 Å². The van der Waals surface area contributed by atoms with Crippen molar-refractivity contribution < 1.29 is 13.9 Å². The van der Waals surface area contributed by atoms with Gasteiger partial charge in [0.2, 0.25) is 0 Å². The first-order chi connectivity index (χ1) is 8.79. The zero-order chi connectivity index (χ0) is 12.5. The van der Waals surface area contributed by atoms with Gasteiger partial charge in [-0.2, -0.15) is 0 Å². The van der Waals surface area contributed by atoms with Gasteiger partial charge >= 0.3 is 5.97 Å². The van der Waals surface area contributed by atoms with Crippen molar-refractivity contribution in [3.8, 4) is 10.6 Å². The normalized spacial score (nSPS) is 10.7. The molecule has 0 fully saturated rings. The molecule has 18 heavy (non-hydrogen) atoms. The Morgan fingerprint density at radius 3 is 3.06 bits per heavy atom. The highest BCUT2D eigenvalue weighted by atomic mass is 32.1. The van der Waals surface area contributed by atoms with Crippen LogP contribution in [0.5, 0.6) is 0 Å². The highest BCUT2D eigenvalue weighted by Gasteiger charge is 2.15. The number of hydrogen-bond donors (Lipinski definition) is 0. The number of aromatic nitrogens is 1. The molecule has 0 aliphatic carbocycles. The van der Waals surface area contributed by atoms with Gasteiger partial charge in [0.05, 0.1) is 18.9 Å². The molecule has 3 rings (SSSR count). The first-order valence-electron chi connectivity index (χ1n) is 5.30. The van der Waals surface area contributed by atoms with Gasteiger partial charge in [-0.25, -0.2) is 9.78 Å². The van der Waals surface area contributed by atoms with Crippen LogP contribution in [0.4, 0.5) is 0 Å². The van der Waals surface area contributed by atoms with Crippen LogP contribution in [0.1, 0.15) is 9.67 Å². The van der Waals surface area contributed by atoms with E-state index in [1.165, 1.54) is 24.6 Å². The number of nitrogens with zero attached hydrogens (tertiary/aromatic N) is 1. The Morgan fingerprint density at radius 2 is 2.22 bits per heavy atom. The molecule has 0 N–H and O–H groups in total. The SMILES string of the molecule is COC(=O)c1cnc(-c2coc3ccccc23)s1. The molecule has 0 bridgehead atoms. The molecule has 5 heteroatoms. The molecule has 90 valence electrons. The Kier molecular flexibility index (Phi) is 2.60. The van der Waals surface area contributed by atoms with Gasteiger partial charge in [-0.15, -0.1) is 11.3 Å². The minimum Gasteiger partial charge on any atom is -0.465 e. The number of rotatable bonds is 2. The lowest BCUT2D eigenvalue weighted by atomic mass is 10.2. The fraction of sp³-hybridized carbons (Fsp3) is 0.0769. The molecule has 0 atom stereocenters. The summed E-state index contributed by atoms with van der Waals surface area (Å²) < 4.78 is 10.1. The van der Waals surface area contributed by atoms with Gasteiger partial charge in [-0.3, -0.25) is 0 Å². The maximum atomic E-state index is 11.4. The van der Waals surface area contributed by atoms with Crippen molar-refractivity contribution in [3.63, 3.8) is 0 Å². The number of thiazole rings is 1. The summed E-state index contributed by atoms with van der Waals surface area (Å²) in [6.45, 7) is 0. The van der Waals surface area contributed by atoms with Gasteiger partial charge in [0.25, 0.3) is 0 Å². The third-order valence-electron chi connectivity index (χ3n) is 2.60. The molecule has 0 radical (unpaired) electrons. The van der Waals surface area contributed by atoms with Crippen LogP contribution in [-0.4, -0.2) is 18.1 Å². The minimum absolute atomic E-state index is 0.369. The van der Waals surface area contributed by atoms with E-state index in [1.807, 2.05) is 24.3 Å². The number of hydrogen-bond acceptors (Lipinski definition) is 5. The van der Waals surface area contributed by atoms with E-state index in [0.717, 1.165) is 21.5 Å². The Labute approximate surface area is 107 Å². The van der Waals surface area contributed by atoms with Crippen molar-refractivity contribution in [1.29, 1.82) is 0 Å². The summed E-state index contributed by atoms with van der Waals surface area (Å²) in [7, 11) is 1.36. The van der Waals surface area contributed by atoms with Crippen molar-refractivity contribution in [3.05, 3.63) is 41.6 Å². The highest BCUT2D eigenvalue weighted by molar-refractivity contribution is 7.16. The number of benzene rings is 1. The summed E-state index contributed by atoms with van der Waals surface area (Å²) in [6.07, 6.45) is 3.18. The molecule has 2 aromatic heterocycles. The summed E-state index contributed by atoms with van der Waals surface area (Å²) >= 11 is 1.29. The molecule has 3 aromatic rings. The predicted octanol–water partition coefficient (Wildman–Crippen LogP) is 3.34. The molecule has 0 saturated carbocycles. The molecule has 0 aliphatic heterocycles. The standard InChI is InChI=1S/C13H9NO3S/c1-16-13(15)11-6-14-12(18-11)9-7-17-10-5-3-2-4-8(9)10/h2-7H,1H3. The zero-order valence-corrected chi connectivity index (χ0v) is 10.4. The minimum atomic E-state index is -0.369. The number of fused-ring (bicyclic) bond motifs is 1. The summed E-state index contributed by atoms with van der Waals surface area (Å²) in [6, 6.07) is 7.72. The topological polar surface area (TPSA) is 52.3 Å². The second-order valence-electron chi connectivity index (χ2n) is 3.67. The third kappa shape index (κ3) is 1.69. The lowest BCUT2D eigenvalue weighted by Gasteiger charge is -1.92. The molecule has 1 aromatic carbocycles. The van der Waals surface area contributed by atoms with Crippen LogP contribution in [0, 0.1) is 0 Å². The monoisotopic (exact) mass is 259 g/mol. The molecule has 0 unspecified atom stereocenters. The van der Waals surface area contributed by atoms with Crippen molar-refractivity contribution in [2.75, 3.05) is 7.11 Å². The lowest BCUT2D eigenvalue weighted by molar-refractivity contribution is 0.0606. The Morgan fingerprint density at radius 1 is 1.39 bits per heavy atom. The number of esters is 1. The maximum absolute atomic E-state index is 11.4. The molecular formula is C13H9NO3S. The number of carbonyl (C=O) groups excluding carboxylic acids is 1. The quantitative estimate of drug-likeness (QED) is 0.662. The van der Waals surface area contributed by atoms with Crippen molar-refractivity contribution >= 4 is 28.3 Å². The van der Waals surface area contributed by atoms with Gasteiger partial charge in [0.1, 0.15) is 21.7 Å². The number of methoxy groups -OCH3 is 1. The highest BCUT2D eigenvalue weighted by Crippen LogP contribution is 2.33. The molecule has 0 aliphatic rings. The van der Waals surface area contributed by atoms with Crippen LogP contribution in [0.3, 0.4) is 0 Å². The lowest BCUT2D eigenvalue weighted by Crippen LogP contribution is -1.96. The van der Waals surface area contributed by atoms with Gasteiger partial charge in [-0.1, -0.05) is 18.2 Å². The molecule has 0 saturated heterocycles. The average molecular weight is 259 g/mol. The predicted molar refractivity (Wildman–Crippen MR) is 68.7 cm³/mol. The Bertz CT molecular complexity index is 714. The van der Waals surface area contributed by atoms with E-state index >= 15 is 0 Å². The maximum Gasteiger partial charge on any atom is 0.349 e. The Balaban J connectivity index is 2.09. The number of ether oxygens (including phenoxy) is 1. The van der Waals surface area contributed by atoms with E-state index in [-0.39, 0.29) is 5.97 Å². The van der Waals surface area contributed by atoms with E-state index in [0.29, 0.717) is 4.88 Å². The van der Waals surface area contributed by atoms with Crippen molar-refractivity contribution in [2.45, 2.75) is 0 Å². The summed E-state index contributed by atoms with van der Waals surface area (Å²) in [5, 5.41) is 1.74. The smallest absolute Gasteiger partial charge is 0.349 e. The number of furan rings is 1. The first-order valence-corrected chi connectivity index (χ1v) is 6.12. The van der Waals surface area contributed by atoms with E-state index in [1.54, 1.807) is 6.26 Å². The van der Waals surface area contributed by atoms with E-state index in [2.05, 4.69) is 9.72 Å².